The maximum absolute atomic E-state index is 12.0. The zero-order chi connectivity index (χ0) is 17.7. The van der Waals surface area contributed by atoms with E-state index in [9.17, 15) is 19.2 Å². The number of aliphatic carboxylic acids is 1. The third kappa shape index (κ3) is 4.98. The van der Waals surface area contributed by atoms with Crippen molar-refractivity contribution in [3.8, 4) is 0 Å². The van der Waals surface area contributed by atoms with Crippen molar-refractivity contribution in [2.45, 2.75) is 24.6 Å². The Bertz CT molecular complexity index is 662. The predicted octanol–water partition coefficient (Wildman–Crippen LogP) is 0.658. The van der Waals surface area contributed by atoms with Crippen LogP contribution in [0.4, 0.5) is 11.4 Å². The van der Waals surface area contributed by atoms with Crippen LogP contribution in [0, 0.1) is 0 Å². The topological polar surface area (TPSA) is 125 Å². The fourth-order valence-corrected chi connectivity index (χ4v) is 3.24. The molecule has 0 saturated carbocycles. The third-order valence-electron chi connectivity index (χ3n) is 3.23. The lowest BCUT2D eigenvalue weighted by molar-refractivity contribution is -0.141. The quantitative estimate of drug-likeness (QED) is 0.618. The van der Waals surface area contributed by atoms with Crippen molar-refractivity contribution in [1.82, 2.24) is 5.32 Å². The molecule has 128 valence electrons. The van der Waals surface area contributed by atoms with Gasteiger partial charge in [-0.25, -0.2) is 4.79 Å². The van der Waals surface area contributed by atoms with Crippen LogP contribution in [0.15, 0.2) is 24.3 Å². The molecular formula is C15H17N3O5S. The van der Waals surface area contributed by atoms with Gasteiger partial charge in [0, 0.05) is 30.5 Å². The first kappa shape index (κ1) is 17.8. The van der Waals surface area contributed by atoms with Crippen molar-refractivity contribution in [2.75, 3.05) is 16.4 Å². The summed E-state index contributed by atoms with van der Waals surface area (Å²) in [6.45, 7) is 1.40. The Morgan fingerprint density at radius 1 is 1.21 bits per heavy atom. The van der Waals surface area contributed by atoms with Crippen LogP contribution in [0.1, 0.15) is 13.3 Å². The highest BCUT2D eigenvalue weighted by Gasteiger charge is 2.33. The van der Waals surface area contributed by atoms with Gasteiger partial charge in [0.2, 0.25) is 17.7 Å². The molecule has 1 aliphatic rings. The van der Waals surface area contributed by atoms with Gasteiger partial charge < -0.3 is 21.1 Å². The fraction of sp³-hybridized carbons (Fsp3) is 0.333. The molecular weight excluding hydrogens is 334 g/mol. The molecule has 2 rings (SSSR count). The summed E-state index contributed by atoms with van der Waals surface area (Å²) in [4.78, 5) is 45.6. The van der Waals surface area contributed by atoms with E-state index in [0.29, 0.717) is 11.4 Å². The molecule has 3 amide bonds. The number of rotatable bonds is 5. The summed E-state index contributed by atoms with van der Waals surface area (Å²) < 4.78 is 0. The largest absolute Gasteiger partial charge is 0.480 e. The molecule has 1 fully saturated rings. The van der Waals surface area contributed by atoms with Crippen LogP contribution in [0.2, 0.25) is 0 Å². The number of carboxylic acid groups (broad SMARTS) is 1. The van der Waals surface area contributed by atoms with Gasteiger partial charge in [-0.1, -0.05) is 0 Å². The van der Waals surface area contributed by atoms with Crippen molar-refractivity contribution < 1.29 is 24.3 Å². The zero-order valence-corrected chi connectivity index (χ0v) is 13.7. The molecule has 24 heavy (non-hydrogen) atoms. The average molecular weight is 351 g/mol. The average Bonchev–Trinajstić information content (AvgIpc) is 2.50. The van der Waals surface area contributed by atoms with Crippen LogP contribution in [0.25, 0.3) is 0 Å². The summed E-state index contributed by atoms with van der Waals surface area (Å²) in [7, 11) is 0. The first-order valence-electron chi connectivity index (χ1n) is 7.17. The van der Waals surface area contributed by atoms with E-state index in [1.807, 2.05) is 0 Å². The summed E-state index contributed by atoms with van der Waals surface area (Å²) in [5.74, 6) is -1.84. The van der Waals surface area contributed by atoms with E-state index >= 15 is 0 Å². The zero-order valence-electron chi connectivity index (χ0n) is 12.9. The van der Waals surface area contributed by atoms with Gasteiger partial charge in [-0.15, -0.1) is 11.8 Å². The highest BCUT2D eigenvalue weighted by molar-refractivity contribution is 8.00. The van der Waals surface area contributed by atoms with Gasteiger partial charge in [-0.05, 0) is 24.3 Å². The minimum Gasteiger partial charge on any atom is -0.480 e. The van der Waals surface area contributed by atoms with Gasteiger partial charge in [0.1, 0.15) is 6.04 Å². The highest BCUT2D eigenvalue weighted by atomic mass is 32.2. The van der Waals surface area contributed by atoms with E-state index in [0.717, 1.165) is 11.8 Å². The Morgan fingerprint density at radius 3 is 2.29 bits per heavy atom. The second kappa shape index (κ2) is 7.82. The Kier molecular flexibility index (Phi) is 5.80. The number of benzene rings is 1. The smallest absolute Gasteiger partial charge is 0.327 e. The summed E-state index contributed by atoms with van der Waals surface area (Å²) in [6, 6.07) is 5.66. The van der Waals surface area contributed by atoms with E-state index in [1.54, 1.807) is 24.3 Å². The van der Waals surface area contributed by atoms with Gasteiger partial charge >= 0.3 is 5.97 Å². The molecule has 1 aromatic carbocycles. The molecule has 9 heteroatoms. The lowest BCUT2D eigenvalue weighted by atomic mass is 10.2. The molecule has 8 nitrogen and oxygen atoms in total. The van der Waals surface area contributed by atoms with Crippen LogP contribution >= 0.6 is 11.8 Å². The van der Waals surface area contributed by atoms with Crippen molar-refractivity contribution in [2.24, 2.45) is 0 Å². The first-order valence-corrected chi connectivity index (χ1v) is 8.22. The molecule has 1 aromatic rings. The van der Waals surface area contributed by atoms with Gasteiger partial charge in [0.25, 0.3) is 0 Å². The Hall–Kier alpha value is -2.55. The minimum absolute atomic E-state index is 0.0454. The molecule has 0 radical (unpaired) electrons. The van der Waals surface area contributed by atoms with Gasteiger partial charge in [0.05, 0.1) is 5.25 Å². The van der Waals surface area contributed by atoms with Crippen LogP contribution < -0.4 is 16.0 Å². The Morgan fingerprint density at radius 2 is 1.79 bits per heavy atom. The molecule has 1 saturated heterocycles. The summed E-state index contributed by atoms with van der Waals surface area (Å²) in [6.07, 6.45) is -0.0454. The summed E-state index contributed by atoms with van der Waals surface area (Å²) in [5, 5.41) is 15.9. The van der Waals surface area contributed by atoms with Crippen LogP contribution in [0.5, 0.6) is 0 Å². The fourth-order valence-electron chi connectivity index (χ4n) is 2.10. The summed E-state index contributed by atoms with van der Waals surface area (Å²) >= 11 is 1.15. The number of carboxylic acids is 1. The third-order valence-corrected chi connectivity index (χ3v) is 4.54. The molecule has 1 heterocycles. The van der Waals surface area contributed by atoms with E-state index in [-0.39, 0.29) is 24.0 Å². The second-order valence-corrected chi connectivity index (χ2v) is 6.47. The van der Waals surface area contributed by atoms with Crippen molar-refractivity contribution >= 4 is 46.8 Å². The van der Waals surface area contributed by atoms with Gasteiger partial charge in [0.15, 0.2) is 0 Å². The number of carbonyl (C=O) groups excluding carboxylic acids is 3. The van der Waals surface area contributed by atoms with Crippen LogP contribution in [0.3, 0.4) is 0 Å². The monoisotopic (exact) mass is 351 g/mol. The maximum atomic E-state index is 12.0. The molecule has 0 aromatic heterocycles. The standard InChI is InChI=1S/C15H17N3O5S/c1-8(19)16-9-2-4-10(5-3-9)17-13(20)6-12-14(21)18-11(7-24-12)15(22)23/h2-5,11-12H,6-7H2,1H3,(H,16,19)(H,17,20)(H,18,21)(H,22,23)/t11-,12-/m1/s1. The molecule has 0 aliphatic carbocycles. The minimum atomic E-state index is -1.09. The van der Waals surface area contributed by atoms with E-state index in [2.05, 4.69) is 16.0 Å². The van der Waals surface area contributed by atoms with Crippen LogP contribution in [-0.2, 0) is 19.2 Å². The lowest BCUT2D eigenvalue weighted by Gasteiger charge is -2.25. The van der Waals surface area contributed by atoms with Gasteiger partial charge in [-0.3, -0.25) is 14.4 Å². The molecule has 4 N–H and O–H groups in total. The number of carbonyl (C=O) groups is 4. The Balaban J connectivity index is 1.86. The number of nitrogens with one attached hydrogen (secondary N) is 3. The Labute approximate surface area is 142 Å². The number of hydrogen-bond acceptors (Lipinski definition) is 5. The molecule has 2 atom stereocenters. The van der Waals surface area contributed by atoms with E-state index < -0.39 is 23.2 Å². The maximum Gasteiger partial charge on any atom is 0.327 e. The SMILES string of the molecule is CC(=O)Nc1ccc(NC(=O)C[C@H]2SC[C@H](C(=O)O)NC2=O)cc1. The number of hydrogen-bond donors (Lipinski definition) is 4. The number of amides is 3. The van der Waals surface area contributed by atoms with Crippen molar-refractivity contribution in [1.29, 1.82) is 0 Å². The number of thioether (sulfide) groups is 1. The molecule has 0 unspecified atom stereocenters. The van der Waals surface area contributed by atoms with Crippen molar-refractivity contribution in [3.05, 3.63) is 24.3 Å². The summed E-state index contributed by atoms with van der Waals surface area (Å²) in [5.41, 5.74) is 1.15. The lowest BCUT2D eigenvalue weighted by Crippen LogP contribution is -2.51. The van der Waals surface area contributed by atoms with E-state index in [4.69, 9.17) is 5.11 Å². The second-order valence-electron chi connectivity index (χ2n) is 5.23. The van der Waals surface area contributed by atoms with Crippen LogP contribution in [-0.4, -0.2) is 45.8 Å². The predicted molar refractivity (Wildman–Crippen MR) is 89.8 cm³/mol. The van der Waals surface area contributed by atoms with Gasteiger partial charge in [-0.2, -0.15) is 0 Å². The van der Waals surface area contributed by atoms with Crippen molar-refractivity contribution in [3.63, 3.8) is 0 Å². The molecule has 0 bridgehead atoms. The highest BCUT2D eigenvalue weighted by Crippen LogP contribution is 2.22. The number of anilines is 2. The van der Waals surface area contributed by atoms with E-state index in [1.165, 1.54) is 6.92 Å². The molecule has 1 aliphatic heterocycles. The molecule has 0 spiro atoms. The first-order chi connectivity index (χ1) is 11.3. The normalized spacial score (nSPS) is 20.0.